The van der Waals surface area contributed by atoms with E-state index in [1.165, 1.54) is 6.08 Å². The summed E-state index contributed by atoms with van der Waals surface area (Å²) >= 11 is 0. The lowest BCUT2D eigenvalue weighted by Gasteiger charge is -2.14. The number of ketones is 1. The SMILES string of the molecule is N#CN(Cc1ccccc1)C(=O)c1ccc(/C=C/C(=O)c2ccccc2)cc1. The average molecular weight is 366 g/mol. The standard InChI is InChI=1S/C24H18N2O2/c25-18-26(17-20-7-3-1-4-8-20)24(28)22-14-11-19(12-15-22)13-16-23(27)21-9-5-2-6-10-21/h1-16H,17H2/b16-13+. The maximum atomic E-state index is 12.6. The molecule has 0 atom stereocenters. The first-order chi connectivity index (χ1) is 13.7. The van der Waals surface area contributed by atoms with Crippen LogP contribution in [-0.2, 0) is 6.54 Å². The molecule has 4 nitrogen and oxygen atoms in total. The van der Waals surface area contributed by atoms with Crippen molar-refractivity contribution >= 4 is 17.8 Å². The van der Waals surface area contributed by atoms with E-state index in [0.29, 0.717) is 11.1 Å². The van der Waals surface area contributed by atoms with Gasteiger partial charge in [-0.05, 0) is 29.3 Å². The van der Waals surface area contributed by atoms with Gasteiger partial charge in [0.25, 0.3) is 5.91 Å². The number of nitrogens with zero attached hydrogens (tertiary/aromatic N) is 2. The first kappa shape index (κ1) is 18.8. The number of carbonyl (C=O) groups excluding carboxylic acids is 2. The lowest BCUT2D eigenvalue weighted by atomic mass is 10.1. The molecular weight excluding hydrogens is 348 g/mol. The normalized spacial score (nSPS) is 10.4. The second-order valence-electron chi connectivity index (χ2n) is 6.16. The van der Waals surface area contributed by atoms with Gasteiger partial charge in [-0.1, -0.05) is 78.9 Å². The number of allylic oxidation sites excluding steroid dienone is 1. The lowest BCUT2D eigenvalue weighted by Crippen LogP contribution is -2.25. The van der Waals surface area contributed by atoms with Crippen molar-refractivity contribution in [1.29, 1.82) is 5.26 Å². The highest BCUT2D eigenvalue weighted by Gasteiger charge is 2.15. The van der Waals surface area contributed by atoms with E-state index < -0.39 is 0 Å². The van der Waals surface area contributed by atoms with E-state index in [9.17, 15) is 14.9 Å². The van der Waals surface area contributed by atoms with Crippen LogP contribution < -0.4 is 0 Å². The molecule has 28 heavy (non-hydrogen) atoms. The minimum absolute atomic E-state index is 0.0840. The Kier molecular flexibility index (Phi) is 6.12. The van der Waals surface area contributed by atoms with Gasteiger partial charge < -0.3 is 0 Å². The van der Waals surface area contributed by atoms with Crippen molar-refractivity contribution in [1.82, 2.24) is 4.90 Å². The summed E-state index contributed by atoms with van der Waals surface area (Å²) in [4.78, 5) is 25.8. The third kappa shape index (κ3) is 4.80. The molecule has 0 unspecified atom stereocenters. The second kappa shape index (κ2) is 9.11. The number of hydrogen-bond donors (Lipinski definition) is 0. The molecule has 0 bridgehead atoms. The first-order valence-corrected chi connectivity index (χ1v) is 8.80. The molecule has 1 amide bonds. The van der Waals surface area contributed by atoms with Crippen molar-refractivity contribution < 1.29 is 9.59 Å². The fourth-order valence-corrected chi connectivity index (χ4v) is 2.68. The number of amides is 1. The minimum Gasteiger partial charge on any atom is -0.289 e. The van der Waals surface area contributed by atoms with E-state index in [0.717, 1.165) is 16.0 Å². The Morgan fingerprint density at radius 2 is 1.43 bits per heavy atom. The molecule has 0 saturated heterocycles. The van der Waals surface area contributed by atoms with Crippen molar-refractivity contribution in [3.05, 3.63) is 113 Å². The van der Waals surface area contributed by atoms with Gasteiger partial charge in [-0.25, -0.2) is 4.90 Å². The van der Waals surface area contributed by atoms with Gasteiger partial charge in [0.05, 0.1) is 6.54 Å². The monoisotopic (exact) mass is 366 g/mol. The van der Waals surface area contributed by atoms with Gasteiger partial charge >= 0.3 is 0 Å². The zero-order chi connectivity index (χ0) is 19.8. The predicted molar refractivity (Wildman–Crippen MR) is 108 cm³/mol. The molecule has 136 valence electrons. The molecule has 3 aromatic rings. The predicted octanol–water partition coefficient (Wildman–Crippen LogP) is 4.71. The maximum Gasteiger partial charge on any atom is 0.267 e. The lowest BCUT2D eigenvalue weighted by molar-refractivity contribution is 0.0824. The fraction of sp³-hybridized carbons (Fsp3) is 0.0417. The molecule has 0 radical (unpaired) electrons. The van der Waals surface area contributed by atoms with Crippen LogP contribution in [0, 0.1) is 11.5 Å². The number of nitriles is 1. The van der Waals surface area contributed by atoms with Crippen molar-refractivity contribution in [3.8, 4) is 6.19 Å². The highest BCUT2D eigenvalue weighted by Crippen LogP contribution is 2.12. The smallest absolute Gasteiger partial charge is 0.267 e. The number of rotatable bonds is 6. The van der Waals surface area contributed by atoms with Gasteiger partial charge in [0.15, 0.2) is 12.0 Å². The molecule has 0 heterocycles. The summed E-state index contributed by atoms with van der Waals surface area (Å²) in [5, 5.41) is 9.33. The molecule has 0 aromatic heterocycles. The van der Waals surface area contributed by atoms with Crippen LogP contribution in [0.15, 0.2) is 91.0 Å². The summed E-state index contributed by atoms with van der Waals surface area (Å²) in [6, 6.07) is 25.2. The summed E-state index contributed by atoms with van der Waals surface area (Å²) in [7, 11) is 0. The summed E-state index contributed by atoms with van der Waals surface area (Å²) in [5.41, 5.74) is 2.73. The van der Waals surface area contributed by atoms with Gasteiger partial charge in [0.1, 0.15) is 0 Å². The Bertz CT molecular complexity index is 1020. The van der Waals surface area contributed by atoms with Crippen LogP contribution >= 0.6 is 0 Å². The Morgan fingerprint density at radius 1 is 0.821 bits per heavy atom. The highest BCUT2D eigenvalue weighted by atomic mass is 16.2. The molecular formula is C24H18N2O2. The summed E-state index contributed by atoms with van der Waals surface area (Å²) in [6.45, 7) is 0.226. The van der Waals surface area contributed by atoms with E-state index in [1.807, 2.05) is 54.7 Å². The van der Waals surface area contributed by atoms with Gasteiger partial charge in [0.2, 0.25) is 0 Å². The molecule has 0 N–H and O–H groups in total. The van der Waals surface area contributed by atoms with E-state index in [-0.39, 0.29) is 18.2 Å². The van der Waals surface area contributed by atoms with E-state index >= 15 is 0 Å². The van der Waals surface area contributed by atoms with Crippen LogP contribution in [0.25, 0.3) is 6.08 Å². The second-order valence-corrected chi connectivity index (χ2v) is 6.16. The molecule has 3 rings (SSSR count). The van der Waals surface area contributed by atoms with Crippen LogP contribution in [-0.4, -0.2) is 16.6 Å². The average Bonchev–Trinajstić information content (AvgIpc) is 2.77. The van der Waals surface area contributed by atoms with Gasteiger partial charge in [-0.2, -0.15) is 5.26 Å². The van der Waals surface area contributed by atoms with E-state index in [1.54, 1.807) is 42.5 Å². The van der Waals surface area contributed by atoms with Crippen LogP contribution in [0.1, 0.15) is 31.8 Å². The van der Waals surface area contributed by atoms with Crippen LogP contribution in [0.5, 0.6) is 0 Å². The summed E-state index contributed by atoms with van der Waals surface area (Å²) in [5.74, 6) is -0.443. The van der Waals surface area contributed by atoms with Crippen LogP contribution in [0.4, 0.5) is 0 Å². The van der Waals surface area contributed by atoms with Gasteiger partial charge in [0, 0.05) is 11.1 Å². The third-order valence-corrected chi connectivity index (χ3v) is 4.19. The zero-order valence-electron chi connectivity index (χ0n) is 15.2. The summed E-state index contributed by atoms with van der Waals surface area (Å²) < 4.78 is 0. The zero-order valence-corrected chi connectivity index (χ0v) is 15.2. The fourth-order valence-electron chi connectivity index (χ4n) is 2.68. The first-order valence-electron chi connectivity index (χ1n) is 8.80. The molecule has 0 saturated carbocycles. The third-order valence-electron chi connectivity index (χ3n) is 4.19. The highest BCUT2D eigenvalue weighted by molar-refractivity contribution is 6.06. The van der Waals surface area contributed by atoms with E-state index in [2.05, 4.69) is 0 Å². The summed E-state index contributed by atoms with van der Waals surface area (Å²) in [6.07, 6.45) is 5.15. The maximum absolute atomic E-state index is 12.6. The molecule has 4 heteroatoms. The Balaban J connectivity index is 1.67. The minimum atomic E-state index is -0.359. The molecule has 3 aromatic carbocycles. The number of carbonyl (C=O) groups is 2. The molecule has 0 fully saturated rings. The van der Waals surface area contributed by atoms with Gasteiger partial charge in [-0.3, -0.25) is 9.59 Å². The topological polar surface area (TPSA) is 61.2 Å². The van der Waals surface area contributed by atoms with Crippen LogP contribution in [0.3, 0.4) is 0 Å². The molecule has 0 spiro atoms. The van der Waals surface area contributed by atoms with Crippen molar-refractivity contribution in [2.24, 2.45) is 0 Å². The quantitative estimate of drug-likeness (QED) is 0.275. The number of benzene rings is 3. The van der Waals surface area contributed by atoms with Crippen molar-refractivity contribution in [2.75, 3.05) is 0 Å². The largest absolute Gasteiger partial charge is 0.289 e. The molecule has 0 aliphatic rings. The van der Waals surface area contributed by atoms with Crippen LogP contribution in [0.2, 0.25) is 0 Å². The number of hydrogen-bond acceptors (Lipinski definition) is 3. The molecule has 0 aliphatic heterocycles. The van der Waals surface area contributed by atoms with E-state index in [4.69, 9.17) is 0 Å². The Hall–Kier alpha value is -3.97. The Labute approximate surface area is 164 Å². The Morgan fingerprint density at radius 3 is 2.04 bits per heavy atom. The molecule has 0 aliphatic carbocycles. The van der Waals surface area contributed by atoms with Crippen molar-refractivity contribution in [2.45, 2.75) is 6.54 Å². The van der Waals surface area contributed by atoms with Gasteiger partial charge in [-0.15, -0.1) is 0 Å². The van der Waals surface area contributed by atoms with Crippen molar-refractivity contribution in [3.63, 3.8) is 0 Å².